The van der Waals surface area contributed by atoms with E-state index in [2.05, 4.69) is 0 Å². The normalized spacial score (nSPS) is 17.8. The van der Waals surface area contributed by atoms with Gasteiger partial charge in [-0.1, -0.05) is 12.1 Å². The summed E-state index contributed by atoms with van der Waals surface area (Å²) in [4.78, 5) is 39.6. The molecule has 0 radical (unpaired) electrons. The number of hydrogen-bond donors (Lipinski definition) is 1. The van der Waals surface area contributed by atoms with E-state index < -0.39 is 22.7 Å². The Balaban J connectivity index is 2.13. The standard InChI is InChI=1S/C23H25N3O6/c1-4-32-18-7-5-6-16(14-18)21(27)19-20(15-8-10-17(11-9-15)26(30)31)25(13-12-24(2)3)23(29)22(19)28/h5-11,14,20,27H,4,12-13H2,1-3H3/b21-19+. The second kappa shape index (κ2) is 9.61. The van der Waals surface area contributed by atoms with Gasteiger partial charge in [0.2, 0.25) is 0 Å². The molecule has 1 fully saturated rings. The third-order valence-corrected chi connectivity index (χ3v) is 5.17. The highest BCUT2D eigenvalue weighted by Crippen LogP contribution is 2.40. The first-order chi connectivity index (χ1) is 15.2. The fourth-order valence-electron chi connectivity index (χ4n) is 3.60. The number of carbonyl (C=O) groups is 2. The van der Waals surface area contributed by atoms with Crippen molar-refractivity contribution < 1.29 is 24.4 Å². The molecule has 9 heteroatoms. The van der Waals surface area contributed by atoms with E-state index in [0.717, 1.165) is 0 Å². The van der Waals surface area contributed by atoms with Crippen molar-refractivity contribution in [3.63, 3.8) is 0 Å². The molecule has 1 aliphatic rings. The maximum absolute atomic E-state index is 13.0. The number of non-ortho nitro benzene ring substituents is 1. The van der Waals surface area contributed by atoms with Crippen LogP contribution in [0, 0.1) is 10.1 Å². The van der Waals surface area contributed by atoms with Crippen LogP contribution in [0.2, 0.25) is 0 Å². The number of hydrogen-bond acceptors (Lipinski definition) is 7. The van der Waals surface area contributed by atoms with Crippen molar-refractivity contribution in [2.75, 3.05) is 33.8 Å². The minimum Gasteiger partial charge on any atom is -0.507 e. The van der Waals surface area contributed by atoms with Crippen LogP contribution in [-0.2, 0) is 9.59 Å². The average Bonchev–Trinajstić information content (AvgIpc) is 3.02. The van der Waals surface area contributed by atoms with E-state index in [-0.39, 0.29) is 23.6 Å². The number of nitro benzene ring substituents is 1. The van der Waals surface area contributed by atoms with Crippen molar-refractivity contribution in [2.45, 2.75) is 13.0 Å². The Morgan fingerprint density at radius 3 is 2.47 bits per heavy atom. The van der Waals surface area contributed by atoms with Gasteiger partial charge < -0.3 is 19.6 Å². The van der Waals surface area contributed by atoms with Gasteiger partial charge in [0, 0.05) is 30.8 Å². The van der Waals surface area contributed by atoms with Crippen LogP contribution in [-0.4, -0.2) is 65.3 Å². The number of Topliss-reactive ketones (excluding diaryl/α,β-unsaturated/α-hetero) is 1. The lowest BCUT2D eigenvalue weighted by atomic mass is 9.95. The molecule has 168 valence electrons. The molecule has 0 saturated carbocycles. The summed E-state index contributed by atoms with van der Waals surface area (Å²) in [7, 11) is 3.69. The van der Waals surface area contributed by atoms with Gasteiger partial charge in [0.15, 0.2) is 0 Å². The van der Waals surface area contributed by atoms with Crippen LogP contribution in [0.1, 0.15) is 24.1 Å². The molecule has 3 rings (SSSR count). The van der Waals surface area contributed by atoms with Crippen LogP contribution in [0.5, 0.6) is 5.75 Å². The quantitative estimate of drug-likeness (QED) is 0.221. The Hall–Kier alpha value is -3.72. The van der Waals surface area contributed by atoms with Gasteiger partial charge in [-0.05, 0) is 50.8 Å². The molecule has 0 spiro atoms. The molecular weight excluding hydrogens is 414 g/mol. The molecule has 9 nitrogen and oxygen atoms in total. The van der Waals surface area contributed by atoms with Gasteiger partial charge in [0.05, 0.1) is 23.1 Å². The van der Waals surface area contributed by atoms with Crippen LogP contribution >= 0.6 is 0 Å². The number of aliphatic hydroxyl groups excluding tert-OH is 1. The molecule has 1 saturated heterocycles. The second-order valence-electron chi connectivity index (χ2n) is 7.61. The number of likely N-dealkylation sites (N-methyl/N-ethyl adjacent to an activating group) is 1. The summed E-state index contributed by atoms with van der Waals surface area (Å²) in [6, 6.07) is 11.4. The summed E-state index contributed by atoms with van der Waals surface area (Å²) < 4.78 is 5.48. The lowest BCUT2D eigenvalue weighted by molar-refractivity contribution is -0.384. The molecule has 0 aliphatic carbocycles. The van der Waals surface area contributed by atoms with E-state index in [1.165, 1.54) is 29.2 Å². The molecule has 1 unspecified atom stereocenters. The minimum atomic E-state index is -0.869. The van der Waals surface area contributed by atoms with Crippen molar-refractivity contribution in [3.05, 3.63) is 75.3 Å². The fourth-order valence-corrected chi connectivity index (χ4v) is 3.60. The summed E-state index contributed by atoms with van der Waals surface area (Å²) in [5.41, 5.74) is 0.671. The van der Waals surface area contributed by atoms with Crippen LogP contribution in [0.25, 0.3) is 5.76 Å². The lowest BCUT2D eigenvalue weighted by Gasteiger charge is -2.26. The van der Waals surface area contributed by atoms with Crippen molar-refractivity contribution in [2.24, 2.45) is 0 Å². The first-order valence-corrected chi connectivity index (χ1v) is 10.1. The third kappa shape index (κ3) is 4.62. The van der Waals surface area contributed by atoms with E-state index in [1.807, 2.05) is 25.9 Å². The van der Waals surface area contributed by atoms with Crippen LogP contribution < -0.4 is 4.74 Å². The Labute approximate surface area is 185 Å². The smallest absolute Gasteiger partial charge is 0.295 e. The van der Waals surface area contributed by atoms with Gasteiger partial charge in [0.25, 0.3) is 17.4 Å². The van der Waals surface area contributed by atoms with Crippen molar-refractivity contribution in [3.8, 4) is 5.75 Å². The van der Waals surface area contributed by atoms with E-state index in [0.29, 0.717) is 30.0 Å². The van der Waals surface area contributed by atoms with Crippen LogP contribution in [0.4, 0.5) is 5.69 Å². The summed E-state index contributed by atoms with van der Waals surface area (Å²) >= 11 is 0. The van der Waals surface area contributed by atoms with E-state index in [4.69, 9.17) is 4.74 Å². The Morgan fingerprint density at radius 2 is 1.88 bits per heavy atom. The molecule has 0 aromatic heterocycles. The molecule has 32 heavy (non-hydrogen) atoms. The van der Waals surface area contributed by atoms with E-state index in [9.17, 15) is 24.8 Å². The van der Waals surface area contributed by atoms with E-state index >= 15 is 0 Å². The topological polar surface area (TPSA) is 113 Å². The lowest BCUT2D eigenvalue weighted by Crippen LogP contribution is -2.35. The minimum absolute atomic E-state index is 0.0590. The van der Waals surface area contributed by atoms with Crippen molar-refractivity contribution in [1.29, 1.82) is 0 Å². The maximum Gasteiger partial charge on any atom is 0.295 e. The second-order valence-corrected chi connectivity index (χ2v) is 7.61. The number of ether oxygens (including phenoxy) is 1. The summed E-state index contributed by atoms with van der Waals surface area (Å²) in [5.74, 6) is -1.32. The van der Waals surface area contributed by atoms with Gasteiger partial charge in [-0.2, -0.15) is 0 Å². The van der Waals surface area contributed by atoms with Crippen LogP contribution in [0.3, 0.4) is 0 Å². The number of amides is 1. The molecule has 2 aromatic carbocycles. The largest absolute Gasteiger partial charge is 0.507 e. The van der Waals surface area contributed by atoms with Gasteiger partial charge >= 0.3 is 0 Å². The van der Waals surface area contributed by atoms with E-state index in [1.54, 1.807) is 24.3 Å². The highest BCUT2D eigenvalue weighted by atomic mass is 16.6. The zero-order valence-corrected chi connectivity index (χ0v) is 18.1. The summed E-state index contributed by atoms with van der Waals surface area (Å²) in [6.45, 7) is 3.00. The van der Waals surface area contributed by atoms with Crippen molar-refractivity contribution >= 4 is 23.1 Å². The number of benzene rings is 2. The zero-order chi connectivity index (χ0) is 23.4. The number of rotatable bonds is 8. The Bertz CT molecular complexity index is 1060. The van der Waals surface area contributed by atoms with Gasteiger partial charge in [-0.3, -0.25) is 19.7 Å². The summed E-state index contributed by atoms with van der Waals surface area (Å²) in [5, 5.41) is 22.1. The summed E-state index contributed by atoms with van der Waals surface area (Å²) in [6.07, 6.45) is 0. The number of carbonyl (C=O) groups excluding carboxylic acids is 2. The number of aliphatic hydroxyl groups is 1. The Morgan fingerprint density at radius 1 is 1.19 bits per heavy atom. The molecule has 1 amide bonds. The zero-order valence-electron chi connectivity index (χ0n) is 18.1. The third-order valence-electron chi connectivity index (χ3n) is 5.17. The Kier molecular flexibility index (Phi) is 6.89. The molecule has 1 heterocycles. The molecule has 2 aromatic rings. The highest BCUT2D eigenvalue weighted by Gasteiger charge is 2.46. The molecule has 1 atom stereocenters. The van der Waals surface area contributed by atoms with Crippen LogP contribution in [0.15, 0.2) is 54.1 Å². The first kappa shape index (κ1) is 23.0. The molecule has 1 N–H and O–H groups in total. The highest BCUT2D eigenvalue weighted by molar-refractivity contribution is 6.46. The average molecular weight is 439 g/mol. The number of nitro groups is 1. The molecular formula is C23H25N3O6. The van der Waals surface area contributed by atoms with Gasteiger partial charge in [-0.25, -0.2) is 0 Å². The molecule has 1 aliphatic heterocycles. The van der Waals surface area contributed by atoms with Gasteiger partial charge in [-0.15, -0.1) is 0 Å². The first-order valence-electron chi connectivity index (χ1n) is 10.1. The number of ketones is 1. The fraction of sp³-hybridized carbons (Fsp3) is 0.304. The SMILES string of the molecule is CCOc1cccc(/C(O)=C2\C(=O)C(=O)N(CCN(C)C)C2c2ccc([N+](=O)[O-])cc2)c1. The maximum atomic E-state index is 13.0. The predicted molar refractivity (Wildman–Crippen MR) is 118 cm³/mol. The predicted octanol–water partition coefficient (Wildman–Crippen LogP) is 2.98. The number of nitrogens with zero attached hydrogens (tertiary/aromatic N) is 3. The molecule has 0 bridgehead atoms. The van der Waals surface area contributed by atoms with Crippen molar-refractivity contribution in [1.82, 2.24) is 9.80 Å². The monoisotopic (exact) mass is 439 g/mol. The van der Waals surface area contributed by atoms with Gasteiger partial charge in [0.1, 0.15) is 11.5 Å². The number of likely N-dealkylation sites (tertiary alicyclic amines) is 1.